The molecule has 0 spiro atoms. The summed E-state index contributed by atoms with van der Waals surface area (Å²) in [6.07, 6.45) is 11.9. The van der Waals surface area contributed by atoms with Gasteiger partial charge in [0.15, 0.2) is 0 Å². The Hall–Kier alpha value is -2.72. The van der Waals surface area contributed by atoms with Crippen molar-refractivity contribution in [2.75, 3.05) is 13.1 Å². The Balaban J connectivity index is 1.24. The van der Waals surface area contributed by atoms with Crippen LogP contribution in [0.5, 0.6) is 0 Å². The monoisotopic (exact) mass is 555 g/mol. The molecule has 2 amide bonds. The van der Waals surface area contributed by atoms with Crippen LogP contribution in [-0.2, 0) is 38.2 Å². The zero-order chi connectivity index (χ0) is 27.2. The maximum absolute atomic E-state index is 13.9. The van der Waals surface area contributed by atoms with Crippen molar-refractivity contribution in [3.8, 4) is 0 Å². The van der Waals surface area contributed by atoms with Crippen LogP contribution in [0.15, 0.2) is 36.5 Å². The van der Waals surface area contributed by atoms with Crippen molar-refractivity contribution in [3.05, 3.63) is 53.3 Å². The number of carbonyl (C=O) groups excluding carboxylic acids is 2. The summed E-state index contributed by atoms with van der Waals surface area (Å²) in [7, 11) is -3.75. The van der Waals surface area contributed by atoms with Crippen LogP contribution < -0.4 is 10.0 Å². The number of amides is 2. The zero-order valence-electron chi connectivity index (χ0n) is 22.6. The number of fused-ring (bicyclic) bond motifs is 1. The first-order chi connectivity index (χ1) is 18.9. The van der Waals surface area contributed by atoms with E-state index >= 15 is 0 Å². The number of hydrogen-bond donors (Lipinski definition) is 3. The minimum atomic E-state index is -3.75. The maximum Gasteiger partial charge on any atom is 0.242 e. The highest BCUT2D eigenvalue weighted by Gasteiger charge is 2.39. The Morgan fingerprint density at radius 3 is 2.62 bits per heavy atom. The molecule has 39 heavy (non-hydrogen) atoms. The van der Waals surface area contributed by atoms with E-state index in [2.05, 4.69) is 20.2 Å². The van der Waals surface area contributed by atoms with Gasteiger partial charge < -0.3 is 10.2 Å². The second-order valence-corrected chi connectivity index (χ2v) is 13.3. The van der Waals surface area contributed by atoms with Gasteiger partial charge in [-0.3, -0.25) is 14.7 Å². The van der Waals surface area contributed by atoms with Crippen LogP contribution in [0.2, 0.25) is 0 Å². The summed E-state index contributed by atoms with van der Waals surface area (Å²) in [4.78, 5) is 28.8. The highest BCUT2D eigenvalue weighted by atomic mass is 32.2. The molecule has 10 heteroatoms. The fourth-order valence-electron chi connectivity index (χ4n) is 6.54. The number of aromatic amines is 1. The van der Waals surface area contributed by atoms with Gasteiger partial charge in [0.05, 0.1) is 11.9 Å². The number of aromatic nitrogens is 2. The number of carbonyl (C=O) groups is 2. The molecule has 212 valence electrons. The molecule has 3 aliphatic rings. The van der Waals surface area contributed by atoms with Crippen molar-refractivity contribution in [2.24, 2.45) is 11.8 Å². The van der Waals surface area contributed by atoms with E-state index in [1.54, 1.807) is 17.0 Å². The number of nitrogens with zero attached hydrogens (tertiary/aromatic N) is 2. The Kier molecular flexibility index (Phi) is 9.02. The van der Waals surface area contributed by atoms with Gasteiger partial charge in [-0.1, -0.05) is 62.4 Å². The van der Waals surface area contributed by atoms with Crippen LogP contribution in [0.25, 0.3) is 0 Å². The van der Waals surface area contributed by atoms with Crippen molar-refractivity contribution in [3.63, 3.8) is 0 Å². The molecule has 2 unspecified atom stereocenters. The molecule has 1 saturated carbocycles. The van der Waals surface area contributed by atoms with Crippen molar-refractivity contribution in [1.29, 1.82) is 0 Å². The summed E-state index contributed by atoms with van der Waals surface area (Å²) in [5.41, 5.74) is 3.08. The Morgan fingerprint density at radius 2 is 1.82 bits per heavy atom. The van der Waals surface area contributed by atoms with Crippen LogP contribution in [0.3, 0.4) is 0 Å². The molecule has 1 aromatic carbocycles. The van der Waals surface area contributed by atoms with E-state index in [1.807, 2.05) is 24.4 Å². The number of H-pyrrole nitrogens is 1. The molecule has 0 radical (unpaired) electrons. The Morgan fingerprint density at radius 1 is 1.03 bits per heavy atom. The van der Waals surface area contributed by atoms with E-state index in [4.69, 9.17) is 0 Å². The van der Waals surface area contributed by atoms with E-state index in [9.17, 15) is 18.0 Å². The quantitative estimate of drug-likeness (QED) is 0.416. The fraction of sp³-hybridized carbons (Fsp3) is 0.621. The van der Waals surface area contributed by atoms with Gasteiger partial charge in [0.1, 0.15) is 12.1 Å². The van der Waals surface area contributed by atoms with E-state index < -0.39 is 22.1 Å². The molecule has 1 aliphatic heterocycles. The molecular weight excluding hydrogens is 514 g/mol. The predicted octanol–water partition coefficient (Wildman–Crippen LogP) is 3.08. The minimum absolute atomic E-state index is 0.137. The molecule has 0 bridgehead atoms. The molecule has 2 heterocycles. The maximum atomic E-state index is 13.9. The number of aryl methyl sites for hydroxylation is 1. The largest absolute Gasteiger partial charge is 0.354 e. The lowest BCUT2D eigenvalue weighted by Gasteiger charge is -2.32. The topological polar surface area (TPSA) is 124 Å². The number of hydrogen-bond acceptors (Lipinski definition) is 5. The van der Waals surface area contributed by atoms with Crippen LogP contribution in [0, 0.1) is 11.8 Å². The molecule has 5 rings (SSSR count). The summed E-state index contributed by atoms with van der Waals surface area (Å²) >= 11 is 0. The zero-order valence-corrected chi connectivity index (χ0v) is 23.4. The minimum Gasteiger partial charge on any atom is -0.354 e. The average molecular weight is 556 g/mol. The van der Waals surface area contributed by atoms with E-state index in [0.717, 1.165) is 51.4 Å². The van der Waals surface area contributed by atoms with E-state index in [0.29, 0.717) is 43.3 Å². The molecule has 2 fully saturated rings. The number of nitrogens with one attached hydrogen (secondary N) is 3. The van der Waals surface area contributed by atoms with Gasteiger partial charge in [-0.2, -0.15) is 5.10 Å². The summed E-state index contributed by atoms with van der Waals surface area (Å²) in [5.74, 6) is 0.0685. The highest BCUT2D eigenvalue weighted by Crippen LogP contribution is 2.29. The summed E-state index contributed by atoms with van der Waals surface area (Å²) in [5, 5.41) is 10.3. The molecule has 3 N–H and O–H groups in total. The van der Waals surface area contributed by atoms with E-state index in [-0.39, 0.29) is 17.6 Å². The number of sulfonamides is 1. The molecule has 2 aromatic rings. The van der Waals surface area contributed by atoms with Crippen LogP contribution >= 0.6 is 0 Å². The second-order valence-electron chi connectivity index (χ2n) is 11.6. The number of likely N-dealkylation sites (tertiary alicyclic amines) is 1. The molecule has 1 aromatic heterocycles. The third-order valence-electron chi connectivity index (χ3n) is 8.64. The van der Waals surface area contributed by atoms with Gasteiger partial charge in [-0.15, -0.1) is 0 Å². The summed E-state index contributed by atoms with van der Waals surface area (Å²) in [6.45, 7) is 1.04. The van der Waals surface area contributed by atoms with E-state index in [1.165, 1.54) is 17.7 Å². The molecule has 2 aliphatic carbocycles. The molecule has 1 saturated heterocycles. The van der Waals surface area contributed by atoms with Gasteiger partial charge >= 0.3 is 0 Å². The lowest BCUT2D eigenvalue weighted by atomic mass is 9.84. The summed E-state index contributed by atoms with van der Waals surface area (Å²) in [6, 6.07) is 7.61. The van der Waals surface area contributed by atoms with Crippen molar-refractivity contribution >= 4 is 21.8 Å². The van der Waals surface area contributed by atoms with Gasteiger partial charge in [-0.05, 0) is 61.5 Å². The standard InChI is InChI=1S/C29H41N5O4S/c35-28(30-18-23-13-14-25-24(16-23)19-31-32-25)27-12-7-15-34(27)29(36)26(17-21-8-3-1-4-9-21)33-39(37,38)20-22-10-5-2-6-11-22/h2,5-6,10-11,19,21,23,26-27,33H,1,3-4,7-9,12-18,20H2,(H,30,35)(H,31,32)/t23?,26-,27?/m0/s1. The SMILES string of the molecule is O=C(NCC1CCc2[nH]ncc2C1)C1CCCN1C(=O)[C@H](CC1CCCCC1)NS(=O)(=O)Cc1ccccc1. The van der Waals surface area contributed by atoms with Gasteiger partial charge in [0.25, 0.3) is 0 Å². The summed E-state index contributed by atoms with van der Waals surface area (Å²) < 4.78 is 29.1. The van der Waals surface area contributed by atoms with Gasteiger partial charge in [0.2, 0.25) is 21.8 Å². The molecule has 3 atom stereocenters. The van der Waals surface area contributed by atoms with Gasteiger partial charge in [0, 0.05) is 18.8 Å². The van der Waals surface area contributed by atoms with Crippen LogP contribution in [-0.4, -0.2) is 60.5 Å². The van der Waals surface area contributed by atoms with Crippen molar-refractivity contribution in [2.45, 2.75) is 88.5 Å². The third kappa shape index (κ3) is 7.28. The number of rotatable bonds is 10. The lowest BCUT2D eigenvalue weighted by molar-refractivity contribution is -0.140. The first kappa shape index (κ1) is 27.8. The highest BCUT2D eigenvalue weighted by molar-refractivity contribution is 7.88. The van der Waals surface area contributed by atoms with Crippen molar-refractivity contribution < 1.29 is 18.0 Å². The third-order valence-corrected chi connectivity index (χ3v) is 9.99. The Labute approximate surface area is 231 Å². The smallest absolute Gasteiger partial charge is 0.242 e. The van der Waals surface area contributed by atoms with Crippen molar-refractivity contribution in [1.82, 2.24) is 25.1 Å². The molecule has 9 nitrogen and oxygen atoms in total. The Bertz CT molecular complexity index is 1230. The average Bonchev–Trinajstić information content (AvgIpc) is 3.61. The first-order valence-corrected chi connectivity index (χ1v) is 16.2. The normalized spacial score (nSPS) is 22.8. The van der Waals surface area contributed by atoms with Gasteiger partial charge in [-0.25, -0.2) is 13.1 Å². The van der Waals surface area contributed by atoms with Crippen LogP contribution in [0.4, 0.5) is 0 Å². The molecular formula is C29H41N5O4S. The fourth-order valence-corrected chi connectivity index (χ4v) is 7.88. The number of benzene rings is 1. The first-order valence-electron chi connectivity index (χ1n) is 14.5. The second kappa shape index (κ2) is 12.6. The lowest BCUT2D eigenvalue weighted by Crippen LogP contribution is -2.54. The van der Waals surface area contributed by atoms with Crippen LogP contribution in [0.1, 0.15) is 74.6 Å². The predicted molar refractivity (Wildman–Crippen MR) is 149 cm³/mol.